The van der Waals surface area contributed by atoms with Crippen LogP contribution in [0.1, 0.15) is 16.4 Å². The van der Waals surface area contributed by atoms with Gasteiger partial charge < -0.3 is 9.84 Å². The smallest absolute Gasteiger partial charge is 0.189 e. The lowest BCUT2D eigenvalue weighted by Gasteiger charge is -2.13. The van der Waals surface area contributed by atoms with Gasteiger partial charge >= 0.3 is 0 Å². The van der Waals surface area contributed by atoms with Gasteiger partial charge in [-0.05, 0) is 24.3 Å². The van der Waals surface area contributed by atoms with Crippen LogP contribution in [-0.2, 0) is 0 Å². The summed E-state index contributed by atoms with van der Waals surface area (Å²) >= 11 is 0. The van der Waals surface area contributed by atoms with Crippen LogP contribution in [0.15, 0.2) is 36.9 Å². The Kier molecular flexibility index (Phi) is 3.69. The lowest BCUT2D eigenvalue weighted by molar-refractivity contribution is 0.0858. The van der Waals surface area contributed by atoms with Gasteiger partial charge in [-0.25, -0.2) is 9.67 Å². The molecule has 6 heteroatoms. The molecule has 0 bridgehead atoms. The Morgan fingerprint density at radius 3 is 2.67 bits per heavy atom. The summed E-state index contributed by atoms with van der Waals surface area (Å²) in [4.78, 5) is 15.9. The monoisotopic (exact) mass is 247 g/mol. The van der Waals surface area contributed by atoms with Crippen LogP contribution in [0.5, 0.6) is 5.75 Å². The molecule has 0 fully saturated rings. The van der Waals surface area contributed by atoms with Gasteiger partial charge in [0.15, 0.2) is 5.78 Å². The predicted octanol–water partition coefficient (Wildman–Crippen LogP) is 0.703. The molecule has 2 aromatic rings. The molecule has 18 heavy (non-hydrogen) atoms. The number of hydrogen-bond acceptors (Lipinski definition) is 5. The van der Waals surface area contributed by atoms with E-state index in [1.807, 2.05) is 0 Å². The molecule has 1 N–H and O–H groups in total. The number of benzene rings is 1. The number of carbonyl (C=O) groups excluding carboxylic acids is 1. The van der Waals surface area contributed by atoms with Gasteiger partial charge in [0.1, 0.15) is 24.4 Å². The van der Waals surface area contributed by atoms with Crippen molar-refractivity contribution in [3.05, 3.63) is 42.5 Å². The van der Waals surface area contributed by atoms with E-state index in [2.05, 4.69) is 10.1 Å². The van der Waals surface area contributed by atoms with E-state index in [4.69, 9.17) is 4.74 Å². The van der Waals surface area contributed by atoms with Crippen molar-refractivity contribution in [3.63, 3.8) is 0 Å². The Bertz CT molecular complexity index is 508. The summed E-state index contributed by atoms with van der Waals surface area (Å²) in [5, 5.41) is 13.2. The summed E-state index contributed by atoms with van der Waals surface area (Å²) in [7, 11) is 1.56. The predicted molar refractivity (Wildman–Crippen MR) is 63.5 cm³/mol. The van der Waals surface area contributed by atoms with E-state index in [1.165, 1.54) is 17.3 Å². The van der Waals surface area contributed by atoms with Crippen molar-refractivity contribution in [1.82, 2.24) is 14.8 Å². The first kappa shape index (κ1) is 12.3. The fourth-order valence-corrected chi connectivity index (χ4v) is 1.61. The molecule has 1 atom stereocenters. The van der Waals surface area contributed by atoms with Gasteiger partial charge in [-0.1, -0.05) is 0 Å². The molecule has 0 radical (unpaired) electrons. The first-order valence-electron chi connectivity index (χ1n) is 5.39. The summed E-state index contributed by atoms with van der Waals surface area (Å²) in [5.74, 6) is 0.457. The molecular formula is C12H13N3O3. The molecule has 0 aliphatic rings. The Hall–Kier alpha value is -2.21. The van der Waals surface area contributed by atoms with Crippen molar-refractivity contribution >= 4 is 5.78 Å². The molecule has 0 aliphatic carbocycles. The molecule has 2 rings (SSSR count). The Balaban J connectivity index is 2.23. The highest BCUT2D eigenvalue weighted by Gasteiger charge is 2.21. The lowest BCUT2D eigenvalue weighted by atomic mass is 10.0. The molecule has 1 aromatic carbocycles. The minimum Gasteiger partial charge on any atom is -0.497 e. The zero-order valence-electron chi connectivity index (χ0n) is 9.85. The van der Waals surface area contributed by atoms with Crippen LogP contribution in [0.25, 0.3) is 0 Å². The highest BCUT2D eigenvalue weighted by molar-refractivity contribution is 5.99. The zero-order chi connectivity index (χ0) is 13.0. The van der Waals surface area contributed by atoms with E-state index in [9.17, 15) is 9.90 Å². The van der Waals surface area contributed by atoms with Gasteiger partial charge in [0.2, 0.25) is 0 Å². The lowest BCUT2D eigenvalue weighted by Crippen LogP contribution is -2.23. The topological polar surface area (TPSA) is 77.2 Å². The van der Waals surface area contributed by atoms with Gasteiger partial charge in [-0.2, -0.15) is 5.10 Å². The minimum atomic E-state index is -0.749. The van der Waals surface area contributed by atoms with Crippen LogP contribution in [-0.4, -0.2) is 39.4 Å². The van der Waals surface area contributed by atoms with E-state index in [-0.39, 0.29) is 12.4 Å². The number of carbonyl (C=O) groups is 1. The molecule has 94 valence electrons. The van der Waals surface area contributed by atoms with E-state index in [0.717, 1.165) is 0 Å². The number of aliphatic hydroxyl groups excluding tert-OH is 1. The van der Waals surface area contributed by atoms with Crippen molar-refractivity contribution in [2.24, 2.45) is 0 Å². The normalized spacial score (nSPS) is 12.1. The van der Waals surface area contributed by atoms with E-state index < -0.39 is 6.04 Å². The average molecular weight is 247 g/mol. The van der Waals surface area contributed by atoms with Crippen molar-refractivity contribution in [2.45, 2.75) is 6.04 Å². The third kappa shape index (κ3) is 2.38. The van der Waals surface area contributed by atoms with E-state index >= 15 is 0 Å². The molecular weight excluding hydrogens is 234 g/mol. The minimum absolute atomic E-state index is 0.217. The Morgan fingerprint density at radius 2 is 2.17 bits per heavy atom. The van der Waals surface area contributed by atoms with Crippen LogP contribution in [0, 0.1) is 0 Å². The second-order valence-corrected chi connectivity index (χ2v) is 3.67. The second-order valence-electron chi connectivity index (χ2n) is 3.67. The first-order valence-corrected chi connectivity index (χ1v) is 5.39. The molecule has 6 nitrogen and oxygen atoms in total. The highest BCUT2D eigenvalue weighted by Crippen LogP contribution is 2.16. The number of ketones is 1. The summed E-state index contributed by atoms with van der Waals surface area (Å²) in [6, 6.07) is 5.95. The number of nitrogens with zero attached hydrogens (tertiary/aromatic N) is 3. The largest absolute Gasteiger partial charge is 0.497 e. The third-order valence-electron chi connectivity index (χ3n) is 2.61. The number of rotatable bonds is 5. The number of Topliss-reactive ketones (excluding diaryl/α,β-unsaturated/α-hetero) is 1. The SMILES string of the molecule is COc1ccc(C(=O)C(CO)n2cncn2)cc1. The average Bonchev–Trinajstić information content (AvgIpc) is 2.93. The maximum absolute atomic E-state index is 12.2. The third-order valence-corrected chi connectivity index (χ3v) is 2.61. The second kappa shape index (κ2) is 5.42. The fourth-order valence-electron chi connectivity index (χ4n) is 1.61. The Morgan fingerprint density at radius 1 is 1.44 bits per heavy atom. The maximum atomic E-state index is 12.2. The maximum Gasteiger partial charge on any atom is 0.189 e. The summed E-state index contributed by atoms with van der Waals surface area (Å²) in [6.07, 6.45) is 2.73. The van der Waals surface area contributed by atoms with Gasteiger partial charge in [0.05, 0.1) is 13.7 Å². The quantitative estimate of drug-likeness (QED) is 0.787. The molecule has 0 aliphatic heterocycles. The van der Waals surface area contributed by atoms with Crippen molar-refractivity contribution in [1.29, 1.82) is 0 Å². The van der Waals surface area contributed by atoms with Gasteiger partial charge in [0.25, 0.3) is 0 Å². The molecule has 1 heterocycles. The first-order chi connectivity index (χ1) is 8.76. The Labute approximate surface area is 104 Å². The van der Waals surface area contributed by atoms with Crippen LogP contribution in [0.3, 0.4) is 0 Å². The van der Waals surface area contributed by atoms with Crippen molar-refractivity contribution < 1.29 is 14.6 Å². The standard InChI is InChI=1S/C12H13N3O3/c1-18-10-4-2-9(3-5-10)12(17)11(6-16)15-8-13-7-14-15/h2-5,7-8,11,16H,6H2,1H3. The van der Waals surface area contributed by atoms with Gasteiger partial charge in [0, 0.05) is 5.56 Å². The number of ether oxygens (including phenoxy) is 1. The number of methoxy groups -OCH3 is 1. The van der Waals surface area contributed by atoms with Gasteiger partial charge in [-0.15, -0.1) is 0 Å². The fraction of sp³-hybridized carbons (Fsp3) is 0.250. The van der Waals surface area contributed by atoms with E-state index in [0.29, 0.717) is 11.3 Å². The van der Waals surface area contributed by atoms with Crippen LogP contribution in [0.4, 0.5) is 0 Å². The summed E-state index contributed by atoms with van der Waals surface area (Å²) in [6.45, 7) is -0.325. The number of hydrogen-bond donors (Lipinski definition) is 1. The van der Waals surface area contributed by atoms with Crippen molar-refractivity contribution in [3.8, 4) is 5.75 Å². The van der Waals surface area contributed by atoms with Crippen LogP contribution in [0.2, 0.25) is 0 Å². The zero-order valence-corrected chi connectivity index (χ0v) is 9.85. The molecule has 0 saturated carbocycles. The molecule has 1 unspecified atom stereocenters. The van der Waals surface area contributed by atoms with Crippen molar-refractivity contribution in [2.75, 3.05) is 13.7 Å². The molecule has 0 spiro atoms. The number of aromatic nitrogens is 3. The molecule has 0 amide bonds. The van der Waals surface area contributed by atoms with Crippen LogP contribution < -0.4 is 4.74 Å². The number of aliphatic hydroxyl groups is 1. The van der Waals surface area contributed by atoms with Crippen LogP contribution >= 0.6 is 0 Å². The van der Waals surface area contributed by atoms with Gasteiger partial charge in [-0.3, -0.25) is 4.79 Å². The molecule has 1 aromatic heterocycles. The summed E-state index contributed by atoms with van der Waals surface area (Å²) in [5.41, 5.74) is 0.491. The molecule has 0 saturated heterocycles. The summed E-state index contributed by atoms with van der Waals surface area (Å²) < 4.78 is 6.36. The highest BCUT2D eigenvalue weighted by atomic mass is 16.5. The van der Waals surface area contributed by atoms with E-state index in [1.54, 1.807) is 31.4 Å².